The summed E-state index contributed by atoms with van der Waals surface area (Å²) in [6.45, 7) is -3.57. The second-order valence-electron chi connectivity index (χ2n) is 25.0. The Hall–Kier alpha value is -12.3. The summed E-state index contributed by atoms with van der Waals surface area (Å²) in [4.78, 5) is 230. The van der Waals surface area contributed by atoms with E-state index in [0.29, 0.717) is 11.1 Å². The number of alkyl halides is 9. The van der Waals surface area contributed by atoms with Crippen molar-refractivity contribution in [1.29, 1.82) is 0 Å². The Balaban J connectivity index is 1.53. The number of unbranched alkanes of at least 4 members (excludes halogenated alkanes) is 2. The zero-order valence-electron chi connectivity index (χ0n) is 59.3. The average Bonchev–Trinajstić information content (AvgIpc) is 1.38. The van der Waals surface area contributed by atoms with Crippen LogP contribution < -0.4 is 91.2 Å². The van der Waals surface area contributed by atoms with E-state index in [1.807, 2.05) is 0 Å². The number of nitrogens with two attached hydrogens (primary N) is 2. The number of aliphatic imine (C=N–C) groups is 2. The van der Waals surface area contributed by atoms with Gasteiger partial charge in [-0.1, -0.05) is 60.7 Å². The zero-order chi connectivity index (χ0) is 83.5. The van der Waals surface area contributed by atoms with Crippen molar-refractivity contribution in [3.8, 4) is 0 Å². The van der Waals surface area contributed by atoms with Crippen molar-refractivity contribution in [2.45, 2.75) is 176 Å². The lowest BCUT2D eigenvalue weighted by molar-refractivity contribution is -0.174. The van der Waals surface area contributed by atoms with Gasteiger partial charge in [-0.25, -0.2) is 0 Å². The molecule has 4 rings (SSSR count). The van der Waals surface area contributed by atoms with Crippen molar-refractivity contribution in [2.24, 2.45) is 21.5 Å². The van der Waals surface area contributed by atoms with Gasteiger partial charge in [-0.3, -0.25) is 102 Å². The lowest BCUT2D eigenvalue weighted by Crippen LogP contribution is -2.58. The molecule has 2 aliphatic heterocycles. The van der Waals surface area contributed by atoms with E-state index in [1.165, 1.54) is 28.1 Å². The van der Waals surface area contributed by atoms with Gasteiger partial charge in [-0.15, -0.1) is 0 Å². The minimum absolute atomic E-state index is 0.0707. The third kappa shape index (κ3) is 34.5. The van der Waals surface area contributed by atoms with Crippen LogP contribution in [0.2, 0.25) is 0 Å². The van der Waals surface area contributed by atoms with Crippen LogP contribution in [-0.4, -0.2) is 235 Å². The molecule has 0 bridgehead atoms. The molecule has 38 nitrogen and oxygen atoms in total. The number of aliphatic carboxylic acids is 2. The van der Waals surface area contributed by atoms with Crippen LogP contribution in [0.1, 0.15) is 101 Å². The first-order valence-electron chi connectivity index (χ1n) is 34.4. The number of hydrogen-bond donors (Lipinski definition) is 19. The largest absolute Gasteiger partial charge is 0.481 e. The van der Waals surface area contributed by atoms with Crippen LogP contribution in [0.3, 0.4) is 0 Å². The summed E-state index contributed by atoms with van der Waals surface area (Å²) >= 11 is 0. The van der Waals surface area contributed by atoms with E-state index in [4.69, 9.17) is 11.5 Å². The van der Waals surface area contributed by atoms with E-state index in [-0.39, 0.29) is 64.3 Å². The smallest absolute Gasteiger partial charge is 0.471 e. The Bertz CT molecular complexity index is 3760. The molecule has 2 fully saturated rings. The Morgan fingerprint density at radius 1 is 0.429 bits per heavy atom. The highest BCUT2D eigenvalue weighted by molar-refractivity contribution is 6.02. The molecular formula is C65H84F9N19O19. The summed E-state index contributed by atoms with van der Waals surface area (Å²) in [7, 11) is 0. The van der Waals surface area contributed by atoms with E-state index in [1.54, 1.807) is 48.5 Å². The molecule has 21 N–H and O–H groups in total. The Morgan fingerprint density at radius 2 is 0.759 bits per heavy atom. The van der Waals surface area contributed by atoms with Gasteiger partial charge in [0.25, 0.3) is 0 Å². The van der Waals surface area contributed by atoms with E-state index in [9.17, 15) is 131 Å². The molecule has 0 aliphatic carbocycles. The first-order chi connectivity index (χ1) is 52.6. The molecule has 2 saturated heterocycles. The van der Waals surface area contributed by atoms with Crippen LogP contribution in [0.5, 0.6) is 0 Å². The number of carbonyl (C=O) groups excluding carboxylic acids is 15. The van der Waals surface area contributed by atoms with Crippen LogP contribution in [0.15, 0.2) is 70.6 Å². The molecule has 9 atom stereocenters. The van der Waals surface area contributed by atoms with Gasteiger partial charge in [0.05, 0.1) is 25.9 Å². The van der Waals surface area contributed by atoms with Gasteiger partial charge in [0.2, 0.25) is 70.9 Å². The number of carbonyl (C=O) groups is 17. The Labute approximate surface area is 629 Å². The molecular weight excluding hydrogens is 1520 g/mol. The highest BCUT2D eigenvalue weighted by Gasteiger charge is 2.43. The van der Waals surface area contributed by atoms with E-state index in [0.717, 1.165) is 0 Å². The predicted octanol–water partition coefficient (Wildman–Crippen LogP) is -4.49. The number of halogens is 9. The molecule has 0 saturated carbocycles. The number of guanidine groups is 2. The third-order valence-electron chi connectivity index (χ3n) is 16.1. The van der Waals surface area contributed by atoms with E-state index >= 15 is 0 Å². The predicted molar refractivity (Wildman–Crippen MR) is 367 cm³/mol. The maximum atomic E-state index is 14.3. The number of carboxylic acid groups (broad SMARTS) is 2. The maximum absolute atomic E-state index is 14.3. The summed E-state index contributed by atoms with van der Waals surface area (Å²) in [5.41, 5.74) is 11.6. The molecule has 616 valence electrons. The molecule has 47 heteroatoms. The lowest BCUT2D eigenvalue weighted by Gasteiger charge is -2.26. The van der Waals surface area contributed by atoms with Gasteiger partial charge < -0.3 is 90.8 Å². The second-order valence-corrected chi connectivity index (χ2v) is 25.0. The lowest BCUT2D eigenvalue weighted by atomic mass is 10.0. The SMILES string of the molecule is NC(=NCCC[C@@H]1NC(=O)[C@H](CCCCNC(=O)CC[C@H](NC(=O)C(F)(F)F)C(=O)NCCCC[C@@H]2NC(=O)[C@@H](Cc3ccccc3)NC(=O)[C@H](CC(=O)O)NC(=O)CNC(=O)[C@H](CCCN=C(N)NC(=O)C(F)(F)F)NC2=O)NC(=O)[C@@H](Cc2ccccc2)NC(=O)[C@H](CC(=O)O)NC(=O)CNC1=O)NC(=O)C(F)(F)F. The summed E-state index contributed by atoms with van der Waals surface area (Å²) in [6.07, 6.45) is -23.2. The summed E-state index contributed by atoms with van der Waals surface area (Å²) in [5, 5.41) is 51.3. The fraction of sp³-hybridized carbons (Fsp3) is 0.523. The van der Waals surface area contributed by atoms with Crippen molar-refractivity contribution in [2.75, 3.05) is 39.3 Å². The number of hydrogen-bond acceptors (Lipinski definition) is 19. The van der Waals surface area contributed by atoms with Gasteiger partial charge in [0.1, 0.15) is 54.4 Å². The van der Waals surface area contributed by atoms with E-state index < -0.39 is 263 Å². The Morgan fingerprint density at radius 3 is 1.12 bits per heavy atom. The van der Waals surface area contributed by atoms with Gasteiger partial charge in [0, 0.05) is 45.4 Å². The third-order valence-corrected chi connectivity index (χ3v) is 16.1. The summed E-state index contributed by atoms with van der Waals surface area (Å²) in [6, 6.07) is -0.00350. The number of rotatable bonds is 31. The topological polar surface area (TPSA) is 588 Å². The molecule has 0 radical (unpaired) electrons. The second kappa shape index (κ2) is 45.0. The van der Waals surface area contributed by atoms with Gasteiger partial charge in [0.15, 0.2) is 11.9 Å². The minimum atomic E-state index is -5.57. The van der Waals surface area contributed by atoms with Crippen LogP contribution in [0, 0.1) is 0 Å². The van der Waals surface area contributed by atoms with Crippen molar-refractivity contribution in [3.63, 3.8) is 0 Å². The fourth-order valence-corrected chi connectivity index (χ4v) is 10.5. The number of nitrogens with zero attached hydrogens (tertiary/aromatic N) is 2. The van der Waals surface area contributed by atoms with Crippen molar-refractivity contribution in [3.05, 3.63) is 71.8 Å². The molecule has 112 heavy (non-hydrogen) atoms. The molecule has 2 heterocycles. The first-order valence-corrected chi connectivity index (χ1v) is 34.4. The molecule has 0 aromatic heterocycles. The molecule has 2 aromatic rings. The highest BCUT2D eigenvalue weighted by atomic mass is 19.4. The minimum Gasteiger partial charge on any atom is -0.481 e. The van der Waals surface area contributed by atoms with E-state index in [2.05, 4.69) is 73.8 Å². The average molecular weight is 1610 g/mol. The zero-order valence-corrected chi connectivity index (χ0v) is 59.3. The normalized spacial score (nSPS) is 20.8. The number of nitrogens with one attached hydrogen (secondary N) is 15. The van der Waals surface area contributed by atoms with Crippen LogP contribution in [0.25, 0.3) is 0 Å². The van der Waals surface area contributed by atoms with Crippen LogP contribution in [-0.2, 0) is 94.3 Å². The first kappa shape index (κ1) is 92.1. The summed E-state index contributed by atoms with van der Waals surface area (Å²) < 4.78 is 118. The molecule has 2 aliphatic rings. The number of carboxylic acids is 2. The van der Waals surface area contributed by atoms with Gasteiger partial charge in [-0.2, -0.15) is 39.5 Å². The monoisotopic (exact) mass is 1610 g/mol. The summed E-state index contributed by atoms with van der Waals surface area (Å²) in [5.74, 6) is -26.1. The number of benzene rings is 2. The number of amides is 15. The van der Waals surface area contributed by atoms with Crippen LogP contribution >= 0.6 is 0 Å². The molecule has 2 aromatic carbocycles. The molecule has 15 amide bonds. The standard InChI is InChI=1S/C65H84F9N19O19/c66-63(67,68)58(110)91-39(49(101)78-24-10-8-18-38-53(105)86-36(20-12-26-80-62(76)93-60(112)65(72,73)74)51(103)82-32-46(96)84-43(30-48(99)100)57(109)90-41(55(107)88-38)28-34-15-5-2-6-16-34)21-22-44(94)77-23-9-7-17-37-52(104)85-35(19-11-25-79-61(75)92-59(111)64(69,70)71)50(102)81-31-45(95)83-42(29-47(97)98)56(108)89-40(54(106)87-37)27-33-13-3-1-4-14-33/h1-6,13-16,35-43H,7-12,17-32H2,(H,77,94)(H,78,101)(H,81,102)(H,82,103)(H,83,95)(H,84,96)(H,85,104)(H,86,105)(H,87,106)(H,88,107)(H,89,108)(H,90,109)(H,91,110)(H,97,98)(H,99,100)(H3,75,79,92,111)(H3,76,80,93,112)/t35-,36-,37-,38-,39-,40+,41+,42-,43-/m0/s1. The molecule has 0 unspecified atom stereocenters. The Kier molecular flexibility index (Phi) is 37.0. The van der Waals surface area contributed by atoms with Crippen molar-refractivity contribution >= 4 is 112 Å². The fourth-order valence-electron chi connectivity index (χ4n) is 10.5. The highest BCUT2D eigenvalue weighted by Crippen LogP contribution is 2.18. The van der Waals surface area contributed by atoms with Crippen LogP contribution in [0.4, 0.5) is 39.5 Å². The van der Waals surface area contributed by atoms with Crippen molar-refractivity contribution < 1.29 is 131 Å². The van der Waals surface area contributed by atoms with Gasteiger partial charge >= 0.3 is 48.2 Å². The molecule has 0 spiro atoms. The van der Waals surface area contributed by atoms with Gasteiger partial charge in [-0.05, 0) is 81.8 Å². The maximum Gasteiger partial charge on any atom is 0.471 e. The quantitative estimate of drug-likeness (QED) is 0.0146. The van der Waals surface area contributed by atoms with Crippen molar-refractivity contribution in [1.82, 2.24) is 79.8 Å².